The molecule has 3 nitrogen and oxygen atoms in total. The normalized spacial score (nSPS) is 14.8. The fraction of sp³-hybridized carbons (Fsp3) is 0.357. The summed E-state index contributed by atoms with van der Waals surface area (Å²) in [4.78, 5) is 4.34. The van der Waals surface area contributed by atoms with Crippen LogP contribution in [0.1, 0.15) is 18.6 Å². The molecule has 0 saturated carbocycles. The summed E-state index contributed by atoms with van der Waals surface area (Å²) in [6, 6.07) is 9.88. The van der Waals surface area contributed by atoms with Crippen LogP contribution in [0.25, 0.3) is 10.9 Å². The summed E-state index contributed by atoms with van der Waals surface area (Å²) >= 11 is 0. The Morgan fingerprint density at radius 3 is 2.88 bits per heavy atom. The SMILES string of the molecule is COCC(C)C(O)c1cnc2ccccc2c1. The van der Waals surface area contributed by atoms with Crippen LogP contribution in [0, 0.1) is 5.92 Å². The second kappa shape index (κ2) is 5.25. The van der Waals surface area contributed by atoms with E-state index in [-0.39, 0.29) is 5.92 Å². The molecular formula is C14H17NO2. The lowest BCUT2D eigenvalue weighted by molar-refractivity contribution is 0.0565. The first kappa shape index (κ1) is 12.0. The van der Waals surface area contributed by atoms with E-state index >= 15 is 0 Å². The first-order valence-corrected chi connectivity index (χ1v) is 5.74. The summed E-state index contributed by atoms with van der Waals surface area (Å²) < 4.78 is 5.05. The molecular weight excluding hydrogens is 214 g/mol. The molecule has 0 aliphatic heterocycles. The van der Waals surface area contributed by atoms with Gasteiger partial charge in [-0.1, -0.05) is 25.1 Å². The topological polar surface area (TPSA) is 42.4 Å². The van der Waals surface area contributed by atoms with E-state index in [1.165, 1.54) is 0 Å². The van der Waals surface area contributed by atoms with Gasteiger partial charge >= 0.3 is 0 Å². The molecule has 0 spiro atoms. The van der Waals surface area contributed by atoms with Crippen molar-refractivity contribution in [2.75, 3.05) is 13.7 Å². The van der Waals surface area contributed by atoms with Crippen molar-refractivity contribution in [1.29, 1.82) is 0 Å². The number of aliphatic hydroxyl groups is 1. The van der Waals surface area contributed by atoms with Crippen molar-refractivity contribution < 1.29 is 9.84 Å². The van der Waals surface area contributed by atoms with Gasteiger partial charge in [0.15, 0.2) is 0 Å². The van der Waals surface area contributed by atoms with E-state index in [9.17, 15) is 5.11 Å². The predicted molar refractivity (Wildman–Crippen MR) is 67.7 cm³/mol. The van der Waals surface area contributed by atoms with E-state index in [2.05, 4.69) is 4.98 Å². The Morgan fingerprint density at radius 1 is 1.35 bits per heavy atom. The molecule has 1 N–H and O–H groups in total. The van der Waals surface area contributed by atoms with Gasteiger partial charge in [-0.05, 0) is 17.7 Å². The molecule has 1 aromatic carbocycles. The maximum atomic E-state index is 10.2. The molecule has 2 aromatic rings. The van der Waals surface area contributed by atoms with Crippen molar-refractivity contribution >= 4 is 10.9 Å². The molecule has 90 valence electrons. The van der Waals surface area contributed by atoms with Crippen LogP contribution in [0.15, 0.2) is 36.5 Å². The minimum Gasteiger partial charge on any atom is -0.388 e. The van der Waals surface area contributed by atoms with Crippen molar-refractivity contribution in [3.63, 3.8) is 0 Å². The number of aliphatic hydroxyl groups excluding tert-OH is 1. The lowest BCUT2D eigenvalue weighted by Gasteiger charge is -2.18. The third-order valence-electron chi connectivity index (χ3n) is 2.92. The fourth-order valence-electron chi connectivity index (χ4n) is 1.93. The Labute approximate surface area is 101 Å². The summed E-state index contributed by atoms with van der Waals surface area (Å²) in [5.41, 5.74) is 1.79. The van der Waals surface area contributed by atoms with Crippen molar-refractivity contribution in [2.45, 2.75) is 13.0 Å². The van der Waals surface area contributed by atoms with Crippen molar-refractivity contribution in [1.82, 2.24) is 4.98 Å². The monoisotopic (exact) mass is 231 g/mol. The highest BCUT2D eigenvalue weighted by atomic mass is 16.5. The number of benzene rings is 1. The third kappa shape index (κ3) is 2.62. The number of rotatable bonds is 4. The lowest BCUT2D eigenvalue weighted by Crippen LogP contribution is -2.14. The molecule has 0 aliphatic carbocycles. The van der Waals surface area contributed by atoms with Crippen LogP contribution >= 0.6 is 0 Å². The molecule has 0 amide bonds. The quantitative estimate of drug-likeness (QED) is 0.879. The van der Waals surface area contributed by atoms with E-state index in [4.69, 9.17) is 4.74 Å². The van der Waals surface area contributed by atoms with Crippen LogP contribution in [-0.2, 0) is 4.74 Å². The molecule has 0 radical (unpaired) electrons. The first-order valence-electron chi connectivity index (χ1n) is 5.74. The van der Waals surface area contributed by atoms with Gasteiger partial charge in [0, 0.05) is 24.6 Å². The van der Waals surface area contributed by atoms with Crippen molar-refractivity contribution in [3.8, 4) is 0 Å². The van der Waals surface area contributed by atoms with Gasteiger partial charge < -0.3 is 9.84 Å². The van der Waals surface area contributed by atoms with Crippen LogP contribution in [0.2, 0.25) is 0 Å². The Balaban J connectivity index is 2.29. The highest BCUT2D eigenvalue weighted by Gasteiger charge is 2.16. The van der Waals surface area contributed by atoms with Crippen LogP contribution < -0.4 is 0 Å². The predicted octanol–water partition coefficient (Wildman–Crippen LogP) is 2.55. The van der Waals surface area contributed by atoms with Crippen molar-refractivity contribution in [2.24, 2.45) is 5.92 Å². The van der Waals surface area contributed by atoms with Gasteiger partial charge in [-0.3, -0.25) is 4.98 Å². The van der Waals surface area contributed by atoms with E-state index in [1.807, 2.05) is 37.3 Å². The smallest absolute Gasteiger partial charge is 0.0852 e. The summed E-state index contributed by atoms with van der Waals surface area (Å²) in [7, 11) is 1.64. The molecule has 0 fully saturated rings. The van der Waals surface area contributed by atoms with Crippen LogP contribution in [0.4, 0.5) is 0 Å². The molecule has 1 aromatic heterocycles. The molecule has 3 heteroatoms. The van der Waals surface area contributed by atoms with Gasteiger partial charge in [-0.15, -0.1) is 0 Å². The van der Waals surface area contributed by atoms with Gasteiger partial charge in [0.2, 0.25) is 0 Å². The minimum atomic E-state index is -0.535. The van der Waals surface area contributed by atoms with Gasteiger partial charge in [-0.25, -0.2) is 0 Å². The zero-order valence-electron chi connectivity index (χ0n) is 10.1. The van der Waals surface area contributed by atoms with Crippen LogP contribution in [0.3, 0.4) is 0 Å². The molecule has 2 unspecified atom stereocenters. The maximum absolute atomic E-state index is 10.2. The Bertz CT molecular complexity index is 498. The molecule has 2 rings (SSSR count). The van der Waals surface area contributed by atoms with E-state index in [1.54, 1.807) is 13.3 Å². The van der Waals surface area contributed by atoms with E-state index in [0.717, 1.165) is 16.5 Å². The summed E-state index contributed by atoms with van der Waals surface area (Å²) in [6.07, 6.45) is 1.20. The van der Waals surface area contributed by atoms with E-state index in [0.29, 0.717) is 6.61 Å². The third-order valence-corrected chi connectivity index (χ3v) is 2.92. The highest BCUT2D eigenvalue weighted by molar-refractivity contribution is 5.78. The second-order valence-electron chi connectivity index (χ2n) is 4.34. The number of ether oxygens (including phenoxy) is 1. The second-order valence-corrected chi connectivity index (χ2v) is 4.34. The van der Waals surface area contributed by atoms with Gasteiger partial charge in [0.1, 0.15) is 0 Å². The minimum absolute atomic E-state index is 0.0583. The Kier molecular flexibility index (Phi) is 3.71. The highest BCUT2D eigenvalue weighted by Crippen LogP contribution is 2.24. The number of fused-ring (bicyclic) bond motifs is 1. The number of methoxy groups -OCH3 is 1. The van der Waals surface area contributed by atoms with E-state index < -0.39 is 6.10 Å². The molecule has 1 heterocycles. The molecule has 0 saturated heterocycles. The number of hydrogen-bond acceptors (Lipinski definition) is 3. The number of hydrogen-bond donors (Lipinski definition) is 1. The summed E-state index contributed by atoms with van der Waals surface area (Å²) in [5.74, 6) is 0.0583. The molecule has 2 atom stereocenters. The van der Waals surface area contributed by atoms with Gasteiger partial charge in [0.05, 0.1) is 18.2 Å². The van der Waals surface area contributed by atoms with Crippen molar-refractivity contribution in [3.05, 3.63) is 42.1 Å². The van der Waals surface area contributed by atoms with Crippen LogP contribution in [0.5, 0.6) is 0 Å². The number of para-hydroxylation sites is 1. The van der Waals surface area contributed by atoms with Gasteiger partial charge in [0.25, 0.3) is 0 Å². The summed E-state index contributed by atoms with van der Waals surface area (Å²) in [5, 5.41) is 11.2. The maximum Gasteiger partial charge on any atom is 0.0852 e. The molecule has 17 heavy (non-hydrogen) atoms. The average molecular weight is 231 g/mol. The Morgan fingerprint density at radius 2 is 2.12 bits per heavy atom. The number of pyridine rings is 1. The zero-order chi connectivity index (χ0) is 12.3. The fourth-order valence-corrected chi connectivity index (χ4v) is 1.93. The lowest BCUT2D eigenvalue weighted by atomic mass is 9.98. The van der Waals surface area contributed by atoms with Crippen LogP contribution in [-0.4, -0.2) is 23.8 Å². The summed E-state index contributed by atoms with van der Waals surface area (Å²) in [6.45, 7) is 2.50. The first-order chi connectivity index (χ1) is 8.22. The number of nitrogens with zero attached hydrogens (tertiary/aromatic N) is 1. The molecule has 0 bridgehead atoms. The number of aromatic nitrogens is 1. The standard InChI is InChI=1S/C14H17NO2/c1-10(9-17-2)14(16)12-7-11-5-3-4-6-13(11)15-8-12/h3-8,10,14,16H,9H2,1-2H3. The zero-order valence-corrected chi connectivity index (χ0v) is 10.1. The Hall–Kier alpha value is -1.45. The molecule has 0 aliphatic rings. The average Bonchev–Trinajstić information content (AvgIpc) is 2.37. The largest absolute Gasteiger partial charge is 0.388 e. The van der Waals surface area contributed by atoms with Gasteiger partial charge in [-0.2, -0.15) is 0 Å².